The predicted octanol–water partition coefficient (Wildman–Crippen LogP) is 2.21. The largest absolute Gasteiger partial charge is 0.493 e. The Labute approximate surface area is 134 Å². The summed E-state index contributed by atoms with van der Waals surface area (Å²) in [5, 5.41) is 0. The Morgan fingerprint density at radius 1 is 1.35 bits per heavy atom. The highest BCUT2D eigenvalue weighted by molar-refractivity contribution is 5.36. The highest BCUT2D eigenvalue weighted by atomic mass is 19.1. The van der Waals surface area contributed by atoms with E-state index in [1.807, 2.05) is 4.90 Å². The monoisotopic (exact) mass is 317 g/mol. The van der Waals surface area contributed by atoms with Gasteiger partial charge in [-0.2, -0.15) is 0 Å². The van der Waals surface area contributed by atoms with E-state index in [4.69, 9.17) is 4.74 Å². The maximum atomic E-state index is 13.1. The third-order valence-corrected chi connectivity index (χ3v) is 4.19. The lowest BCUT2D eigenvalue weighted by Crippen LogP contribution is -2.39. The number of piperidine rings is 1. The van der Waals surface area contributed by atoms with Gasteiger partial charge in [-0.15, -0.1) is 0 Å². The molecule has 3 rings (SSSR count). The number of aromatic nitrogens is 2. The summed E-state index contributed by atoms with van der Waals surface area (Å²) in [5.41, 5.74) is -0.0676. The highest BCUT2D eigenvalue weighted by Gasteiger charge is 2.22. The number of anilines is 1. The molecule has 1 saturated heterocycles. The molecule has 0 N–H and O–H groups in total. The predicted molar refractivity (Wildman–Crippen MR) is 86.3 cm³/mol. The number of aryl methyl sites for hydroxylation is 1. The smallest absolute Gasteiger partial charge is 0.293 e. The Morgan fingerprint density at radius 3 is 2.87 bits per heavy atom. The average molecular weight is 317 g/mol. The second-order valence-corrected chi connectivity index (χ2v) is 5.87. The quantitative estimate of drug-likeness (QED) is 0.867. The summed E-state index contributed by atoms with van der Waals surface area (Å²) in [7, 11) is 1.73. The van der Waals surface area contributed by atoms with Crippen LogP contribution in [-0.4, -0.2) is 29.2 Å². The van der Waals surface area contributed by atoms with Crippen molar-refractivity contribution < 1.29 is 9.13 Å². The van der Waals surface area contributed by atoms with Gasteiger partial charge in [0.25, 0.3) is 5.56 Å². The van der Waals surface area contributed by atoms with Crippen molar-refractivity contribution in [2.45, 2.75) is 12.8 Å². The van der Waals surface area contributed by atoms with Crippen molar-refractivity contribution in [3.8, 4) is 5.75 Å². The molecule has 1 aliphatic heterocycles. The average Bonchev–Trinajstić information content (AvgIpc) is 2.56. The maximum Gasteiger partial charge on any atom is 0.293 e. The molecular formula is C17H20FN3O2. The van der Waals surface area contributed by atoms with Crippen LogP contribution < -0.4 is 15.2 Å². The fraction of sp³-hybridized carbons (Fsp3) is 0.412. The molecule has 6 heteroatoms. The van der Waals surface area contributed by atoms with Crippen molar-refractivity contribution in [3.05, 3.63) is 52.8 Å². The number of ether oxygens (including phenoxy) is 1. The van der Waals surface area contributed by atoms with Gasteiger partial charge >= 0.3 is 0 Å². The minimum atomic E-state index is -0.289. The lowest BCUT2D eigenvalue weighted by atomic mass is 9.98. The number of rotatable bonds is 4. The summed E-state index contributed by atoms with van der Waals surface area (Å²) in [6.07, 6.45) is 5.16. The molecule has 0 radical (unpaired) electrons. The molecule has 0 atom stereocenters. The second-order valence-electron chi connectivity index (χ2n) is 5.87. The molecule has 5 nitrogen and oxygen atoms in total. The normalized spacial score (nSPS) is 15.7. The van der Waals surface area contributed by atoms with E-state index in [2.05, 4.69) is 4.98 Å². The minimum absolute atomic E-state index is 0.0676. The molecule has 1 aromatic heterocycles. The molecule has 0 unspecified atom stereocenters. The third kappa shape index (κ3) is 3.70. The lowest BCUT2D eigenvalue weighted by Gasteiger charge is -2.32. The molecule has 0 aliphatic carbocycles. The fourth-order valence-corrected chi connectivity index (χ4v) is 2.78. The topological polar surface area (TPSA) is 47.4 Å². The van der Waals surface area contributed by atoms with Gasteiger partial charge in [0.2, 0.25) is 0 Å². The molecule has 23 heavy (non-hydrogen) atoms. The summed E-state index contributed by atoms with van der Waals surface area (Å²) in [6, 6.07) is 6.20. The number of hydrogen-bond acceptors (Lipinski definition) is 4. The van der Waals surface area contributed by atoms with E-state index in [0.717, 1.165) is 25.9 Å². The van der Waals surface area contributed by atoms with E-state index in [1.165, 1.54) is 12.1 Å². The van der Waals surface area contributed by atoms with Gasteiger partial charge in [0.05, 0.1) is 6.61 Å². The van der Waals surface area contributed by atoms with Crippen molar-refractivity contribution in [3.63, 3.8) is 0 Å². The van der Waals surface area contributed by atoms with Crippen LogP contribution in [0.4, 0.5) is 10.2 Å². The Morgan fingerprint density at radius 2 is 2.13 bits per heavy atom. The first kappa shape index (κ1) is 15.5. The molecule has 2 aromatic rings. The van der Waals surface area contributed by atoms with Crippen LogP contribution in [0.2, 0.25) is 0 Å². The van der Waals surface area contributed by atoms with E-state index in [1.54, 1.807) is 36.1 Å². The van der Waals surface area contributed by atoms with E-state index in [9.17, 15) is 9.18 Å². The molecule has 2 heterocycles. The first-order chi connectivity index (χ1) is 11.1. The van der Waals surface area contributed by atoms with E-state index in [0.29, 0.717) is 24.1 Å². The Kier molecular flexibility index (Phi) is 4.60. The molecule has 1 aromatic carbocycles. The van der Waals surface area contributed by atoms with Gasteiger partial charge in [-0.1, -0.05) is 6.07 Å². The van der Waals surface area contributed by atoms with Crippen molar-refractivity contribution in [1.29, 1.82) is 0 Å². The minimum Gasteiger partial charge on any atom is -0.493 e. The Bertz CT molecular complexity index is 724. The summed E-state index contributed by atoms with van der Waals surface area (Å²) < 4.78 is 20.3. The van der Waals surface area contributed by atoms with Crippen LogP contribution in [0.5, 0.6) is 5.75 Å². The fourth-order valence-electron chi connectivity index (χ4n) is 2.78. The molecule has 1 fully saturated rings. The lowest BCUT2D eigenvalue weighted by molar-refractivity contribution is 0.222. The van der Waals surface area contributed by atoms with Crippen LogP contribution in [0.15, 0.2) is 41.5 Å². The zero-order chi connectivity index (χ0) is 16.2. The van der Waals surface area contributed by atoms with Crippen molar-refractivity contribution >= 4 is 5.82 Å². The molecule has 0 amide bonds. The van der Waals surface area contributed by atoms with Gasteiger partial charge in [-0.25, -0.2) is 9.37 Å². The molecule has 0 saturated carbocycles. The Hall–Kier alpha value is -2.37. The van der Waals surface area contributed by atoms with Crippen LogP contribution in [0.1, 0.15) is 12.8 Å². The zero-order valence-electron chi connectivity index (χ0n) is 13.1. The molecule has 0 spiro atoms. The number of halogens is 1. The van der Waals surface area contributed by atoms with Gasteiger partial charge in [-0.05, 0) is 30.9 Å². The van der Waals surface area contributed by atoms with E-state index < -0.39 is 0 Å². The summed E-state index contributed by atoms with van der Waals surface area (Å²) in [4.78, 5) is 18.3. The number of benzene rings is 1. The van der Waals surface area contributed by atoms with Gasteiger partial charge in [0.1, 0.15) is 11.6 Å². The van der Waals surface area contributed by atoms with Crippen LogP contribution >= 0.6 is 0 Å². The van der Waals surface area contributed by atoms with Gasteiger partial charge in [0, 0.05) is 38.6 Å². The summed E-state index contributed by atoms with van der Waals surface area (Å²) in [5.74, 6) is 1.19. The highest BCUT2D eigenvalue weighted by Crippen LogP contribution is 2.21. The first-order valence-electron chi connectivity index (χ1n) is 7.78. The van der Waals surface area contributed by atoms with Crippen molar-refractivity contribution in [2.75, 3.05) is 24.6 Å². The summed E-state index contributed by atoms with van der Waals surface area (Å²) in [6.45, 7) is 2.13. The SMILES string of the molecule is Cn1ccnc(N2CCC(COc3cccc(F)c3)CC2)c1=O. The molecule has 122 valence electrons. The summed E-state index contributed by atoms with van der Waals surface area (Å²) >= 11 is 0. The van der Waals surface area contributed by atoms with Crippen LogP contribution in [-0.2, 0) is 7.05 Å². The standard InChI is InChI=1S/C17H20FN3O2/c1-20-10-7-19-16(17(20)22)21-8-5-13(6-9-21)12-23-15-4-2-3-14(18)11-15/h2-4,7,10-11,13H,5-6,8-9,12H2,1H3. The zero-order valence-corrected chi connectivity index (χ0v) is 13.1. The molecule has 1 aliphatic rings. The van der Waals surface area contributed by atoms with Crippen molar-refractivity contribution in [2.24, 2.45) is 13.0 Å². The van der Waals surface area contributed by atoms with Gasteiger partial charge in [-0.3, -0.25) is 4.79 Å². The molecular weight excluding hydrogens is 297 g/mol. The number of nitrogens with zero attached hydrogens (tertiary/aromatic N) is 3. The maximum absolute atomic E-state index is 13.1. The van der Waals surface area contributed by atoms with Crippen LogP contribution in [0, 0.1) is 11.7 Å². The van der Waals surface area contributed by atoms with Gasteiger partial charge < -0.3 is 14.2 Å². The molecule has 0 bridgehead atoms. The van der Waals surface area contributed by atoms with Crippen molar-refractivity contribution in [1.82, 2.24) is 9.55 Å². The van der Waals surface area contributed by atoms with Gasteiger partial charge in [0.15, 0.2) is 5.82 Å². The van der Waals surface area contributed by atoms with E-state index in [-0.39, 0.29) is 11.4 Å². The first-order valence-corrected chi connectivity index (χ1v) is 7.78. The van der Waals surface area contributed by atoms with E-state index >= 15 is 0 Å². The second kappa shape index (κ2) is 6.81. The number of hydrogen-bond donors (Lipinski definition) is 0. The van der Waals surface area contributed by atoms with Crippen LogP contribution in [0.3, 0.4) is 0 Å². The Balaban J connectivity index is 1.54. The van der Waals surface area contributed by atoms with Crippen LogP contribution in [0.25, 0.3) is 0 Å². The third-order valence-electron chi connectivity index (χ3n) is 4.19.